The molecule has 1 atom stereocenters. The fraction of sp³-hybridized carbons (Fsp3) is 0.222. The molecule has 3 aromatic carbocycles. The monoisotopic (exact) mass is 445 g/mol. The van der Waals surface area contributed by atoms with Crippen molar-refractivity contribution in [2.24, 2.45) is 0 Å². The first kappa shape index (κ1) is 23.7. The fourth-order valence-electron chi connectivity index (χ4n) is 3.27. The maximum atomic E-state index is 12.3. The molecule has 0 saturated heterocycles. The van der Waals surface area contributed by atoms with E-state index in [1.807, 2.05) is 32.0 Å². The van der Waals surface area contributed by atoms with E-state index in [0.717, 1.165) is 16.9 Å². The molecule has 6 nitrogen and oxygen atoms in total. The lowest BCUT2D eigenvalue weighted by molar-refractivity contribution is -0.147. The summed E-state index contributed by atoms with van der Waals surface area (Å²) in [4.78, 5) is 36.5. The molecule has 1 unspecified atom stereocenters. The number of benzene rings is 3. The van der Waals surface area contributed by atoms with Crippen LogP contribution in [0.1, 0.15) is 41.3 Å². The van der Waals surface area contributed by atoms with Crippen molar-refractivity contribution in [2.45, 2.75) is 39.7 Å². The van der Waals surface area contributed by atoms with Gasteiger partial charge >= 0.3 is 5.97 Å². The van der Waals surface area contributed by atoms with Gasteiger partial charge in [0.05, 0.1) is 6.42 Å². The molecule has 0 aromatic heterocycles. The minimum absolute atomic E-state index is 0.0499. The average molecular weight is 446 g/mol. The maximum absolute atomic E-state index is 12.3. The maximum Gasteiger partial charge on any atom is 0.307 e. The first-order valence-corrected chi connectivity index (χ1v) is 10.8. The van der Waals surface area contributed by atoms with E-state index >= 15 is 0 Å². The van der Waals surface area contributed by atoms with E-state index in [4.69, 9.17) is 9.47 Å². The minimum atomic E-state index is -0.910. The van der Waals surface area contributed by atoms with Gasteiger partial charge in [0, 0.05) is 17.7 Å². The van der Waals surface area contributed by atoms with Gasteiger partial charge in [-0.1, -0.05) is 48.5 Å². The zero-order valence-electron chi connectivity index (χ0n) is 19.0. The van der Waals surface area contributed by atoms with Gasteiger partial charge in [-0.15, -0.1) is 0 Å². The molecule has 3 aromatic rings. The van der Waals surface area contributed by atoms with E-state index in [-0.39, 0.29) is 24.5 Å². The van der Waals surface area contributed by atoms with Gasteiger partial charge in [0.2, 0.25) is 11.7 Å². The van der Waals surface area contributed by atoms with Crippen molar-refractivity contribution in [3.8, 4) is 11.5 Å². The molecule has 170 valence electrons. The van der Waals surface area contributed by atoms with Crippen LogP contribution in [0.25, 0.3) is 0 Å². The highest BCUT2D eigenvalue weighted by molar-refractivity contribution is 6.00. The molecule has 6 heteroatoms. The number of nitrogens with one attached hydrogen (secondary N) is 1. The molecule has 3 rings (SSSR count). The number of hydrogen-bond acceptors (Lipinski definition) is 5. The Hall–Kier alpha value is -3.93. The third-order valence-corrected chi connectivity index (χ3v) is 5.06. The molecule has 0 bridgehead atoms. The van der Waals surface area contributed by atoms with Gasteiger partial charge in [0.1, 0.15) is 11.5 Å². The second-order valence-electron chi connectivity index (χ2n) is 7.76. The Morgan fingerprint density at radius 3 is 2.09 bits per heavy atom. The van der Waals surface area contributed by atoms with Crippen LogP contribution in [-0.2, 0) is 14.3 Å². The van der Waals surface area contributed by atoms with Crippen LogP contribution in [0.4, 0.5) is 5.69 Å². The lowest BCUT2D eigenvalue weighted by Crippen LogP contribution is -2.25. The van der Waals surface area contributed by atoms with Gasteiger partial charge in [-0.25, -0.2) is 0 Å². The topological polar surface area (TPSA) is 81.7 Å². The second-order valence-corrected chi connectivity index (χ2v) is 7.76. The summed E-state index contributed by atoms with van der Waals surface area (Å²) >= 11 is 0. The summed E-state index contributed by atoms with van der Waals surface area (Å²) in [5.74, 6) is 0.270. The van der Waals surface area contributed by atoms with Crippen molar-refractivity contribution in [3.05, 3.63) is 89.5 Å². The number of rotatable bonds is 9. The Bertz CT molecular complexity index is 1100. The van der Waals surface area contributed by atoms with E-state index < -0.39 is 12.1 Å². The van der Waals surface area contributed by atoms with E-state index in [1.54, 1.807) is 54.6 Å². The van der Waals surface area contributed by atoms with Gasteiger partial charge in [-0.2, -0.15) is 0 Å². The van der Waals surface area contributed by atoms with Crippen LogP contribution >= 0.6 is 0 Å². The van der Waals surface area contributed by atoms with E-state index in [2.05, 4.69) is 5.32 Å². The Kier molecular flexibility index (Phi) is 7.97. The van der Waals surface area contributed by atoms with Crippen molar-refractivity contribution in [1.29, 1.82) is 0 Å². The number of carbonyl (C=O) groups is 3. The van der Waals surface area contributed by atoms with Crippen LogP contribution in [-0.4, -0.2) is 23.8 Å². The van der Waals surface area contributed by atoms with E-state index in [9.17, 15) is 14.4 Å². The van der Waals surface area contributed by atoms with Gasteiger partial charge in [-0.3, -0.25) is 14.4 Å². The quantitative estimate of drug-likeness (QED) is 0.341. The summed E-state index contributed by atoms with van der Waals surface area (Å²) in [7, 11) is 0. The summed E-state index contributed by atoms with van der Waals surface area (Å²) in [6, 6.07) is 21.6. The van der Waals surface area contributed by atoms with Crippen LogP contribution in [0, 0.1) is 13.8 Å². The lowest BCUT2D eigenvalue weighted by atomic mass is 10.1. The normalized spacial score (nSPS) is 11.4. The van der Waals surface area contributed by atoms with E-state index in [0.29, 0.717) is 17.0 Å². The van der Waals surface area contributed by atoms with Crippen molar-refractivity contribution < 1.29 is 23.9 Å². The standard InChI is InChI=1S/C27H27NO5/c1-18-8-7-9-19(2)27(18)33-23-14-12-22(13-15-23)28-24(29)16-17-25(30)32-20(3)26(31)21-10-5-4-6-11-21/h4-15,20H,16-17H2,1-3H3,(H,28,29). The zero-order valence-corrected chi connectivity index (χ0v) is 19.0. The minimum Gasteiger partial charge on any atom is -0.457 e. The molecular formula is C27H27NO5. The zero-order chi connectivity index (χ0) is 23.8. The molecule has 0 spiro atoms. The number of ether oxygens (including phenoxy) is 2. The highest BCUT2D eigenvalue weighted by Gasteiger charge is 2.19. The molecule has 0 fully saturated rings. The highest BCUT2D eigenvalue weighted by Crippen LogP contribution is 2.29. The number of amides is 1. The van der Waals surface area contributed by atoms with Gasteiger partial charge < -0.3 is 14.8 Å². The third kappa shape index (κ3) is 6.77. The molecule has 33 heavy (non-hydrogen) atoms. The van der Waals surface area contributed by atoms with Crippen LogP contribution in [0.5, 0.6) is 11.5 Å². The molecule has 0 aliphatic heterocycles. The van der Waals surface area contributed by atoms with Crippen molar-refractivity contribution in [2.75, 3.05) is 5.32 Å². The summed E-state index contributed by atoms with van der Waals surface area (Å²) in [6.07, 6.45) is -1.08. The van der Waals surface area contributed by atoms with Gasteiger partial charge in [-0.05, 0) is 56.2 Å². The SMILES string of the molecule is Cc1cccc(C)c1Oc1ccc(NC(=O)CCC(=O)OC(C)C(=O)c2ccccc2)cc1. The van der Waals surface area contributed by atoms with Crippen molar-refractivity contribution in [3.63, 3.8) is 0 Å². The lowest BCUT2D eigenvalue weighted by Gasteiger charge is -2.13. The Balaban J connectivity index is 1.45. The molecule has 0 aliphatic rings. The summed E-state index contributed by atoms with van der Waals surface area (Å²) < 4.78 is 11.1. The number of ketones is 1. The number of hydrogen-bond donors (Lipinski definition) is 1. The fourth-order valence-corrected chi connectivity index (χ4v) is 3.27. The summed E-state index contributed by atoms with van der Waals surface area (Å²) in [5.41, 5.74) is 3.15. The van der Waals surface area contributed by atoms with Crippen LogP contribution in [0.3, 0.4) is 0 Å². The number of Topliss-reactive ketones (excluding diaryl/α,β-unsaturated/α-hetero) is 1. The molecule has 1 N–H and O–H groups in total. The number of carbonyl (C=O) groups excluding carboxylic acids is 3. The Labute approximate surface area is 193 Å². The first-order valence-electron chi connectivity index (χ1n) is 10.8. The van der Waals surface area contributed by atoms with Gasteiger partial charge in [0.25, 0.3) is 0 Å². The number of esters is 1. The predicted octanol–water partition coefficient (Wildman–Crippen LogP) is 5.63. The molecule has 0 heterocycles. The van der Waals surface area contributed by atoms with Crippen LogP contribution in [0.2, 0.25) is 0 Å². The average Bonchev–Trinajstić information content (AvgIpc) is 2.81. The highest BCUT2D eigenvalue weighted by atomic mass is 16.5. The van der Waals surface area contributed by atoms with E-state index in [1.165, 1.54) is 6.92 Å². The number of aryl methyl sites for hydroxylation is 2. The summed E-state index contributed by atoms with van der Waals surface area (Å²) in [6.45, 7) is 5.50. The molecule has 0 aliphatic carbocycles. The predicted molar refractivity (Wildman–Crippen MR) is 127 cm³/mol. The summed E-state index contributed by atoms with van der Waals surface area (Å²) in [5, 5.41) is 2.74. The molecule has 0 saturated carbocycles. The molecule has 0 radical (unpaired) electrons. The van der Waals surface area contributed by atoms with Crippen LogP contribution < -0.4 is 10.1 Å². The van der Waals surface area contributed by atoms with Gasteiger partial charge in [0.15, 0.2) is 6.10 Å². The van der Waals surface area contributed by atoms with Crippen molar-refractivity contribution >= 4 is 23.3 Å². The smallest absolute Gasteiger partial charge is 0.307 e. The third-order valence-electron chi connectivity index (χ3n) is 5.06. The van der Waals surface area contributed by atoms with Crippen molar-refractivity contribution in [1.82, 2.24) is 0 Å². The first-order chi connectivity index (χ1) is 15.8. The molecular weight excluding hydrogens is 418 g/mol. The largest absolute Gasteiger partial charge is 0.457 e. The molecule has 1 amide bonds. The second kappa shape index (κ2) is 11.1. The number of anilines is 1. The number of para-hydroxylation sites is 1. The van der Waals surface area contributed by atoms with Crippen LogP contribution in [0.15, 0.2) is 72.8 Å². The Morgan fingerprint density at radius 1 is 0.818 bits per heavy atom. The Morgan fingerprint density at radius 2 is 1.45 bits per heavy atom.